The second-order valence-electron chi connectivity index (χ2n) is 4.11. The molecule has 0 spiro atoms. The van der Waals surface area contributed by atoms with Gasteiger partial charge < -0.3 is 20.1 Å². The predicted molar refractivity (Wildman–Crippen MR) is 73.0 cm³/mol. The third-order valence-corrected chi connectivity index (χ3v) is 2.88. The van der Waals surface area contributed by atoms with Crippen molar-refractivity contribution >= 4 is 11.5 Å². The zero-order valence-electron chi connectivity index (χ0n) is 11.8. The summed E-state index contributed by atoms with van der Waals surface area (Å²) in [6.45, 7) is 7.62. The van der Waals surface area contributed by atoms with Gasteiger partial charge in [-0.05, 0) is 13.8 Å². The Labute approximate surface area is 109 Å². The Kier molecular flexibility index (Phi) is 5.94. The summed E-state index contributed by atoms with van der Waals surface area (Å²) in [5.74, 6) is 0.962. The van der Waals surface area contributed by atoms with E-state index in [9.17, 15) is 0 Å². The summed E-state index contributed by atoms with van der Waals surface area (Å²) in [5, 5.41) is 4.43. The first-order chi connectivity index (χ1) is 8.65. The summed E-state index contributed by atoms with van der Waals surface area (Å²) in [6, 6.07) is 0. The average molecular weight is 256 g/mol. The number of nitrogens with two attached hydrogens (primary N) is 1. The number of rotatable bonds is 8. The van der Waals surface area contributed by atoms with Crippen LogP contribution < -0.4 is 10.6 Å². The monoisotopic (exact) mass is 256 g/mol. The topological polar surface area (TPSA) is 65.5 Å². The standard InChI is InChI=1S/C12H24N4O2/c1-5-16-12(11(13)10(2)14-16)15(6-8-17-3)7-9-18-4/h5-9,13H2,1-4H3. The molecule has 104 valence electrons. The maximum atomic E-state index is 6.12. The Morgan fingerprint density at radius 2 is 1.78 bits per heavy atom. The Morgan fingerprint density at radius 1 is 1.22 bits per heavy atom. The van der Waals surface area contributed by atoms with Crippen molar-refractivity contribution in [1.29, 1.82) is 0 Å². The van der Waals surface area contributed by atoms with E-state index in [0.717, 1.165) is 36.8 Å². The first-order valence-electron chi connectivity index (χ1n) is 6.21. The number of nitrogen functional groups attached to an aromatic ring is 1. The average Bonchev–Trinajstić information content (AvgIpc) is 2.66. The molecule has 0 aliphatic rings. The van der Waals surface area contributed by atoms with Crippen LogP contribution >= 0.6 is 0 Å². The zero-order valence-corrected chi connectivity index (χ0v) is 11.8. The van der Waals surface area contributed by atoms with Crippen molar-refractivity contribution in [2.75, 3.05) is 51.2 Å². The summed E-state index contributed by atoms with van der Waals surface area (Å²) in [5.41, 5.74) is 7.72. The molecule has 0 atom stereocenters. The number of aryl methyl sites for hydroxylation is 2. The van der Waals surface area contributed by atoms with E-state index in [1.54, 1.807) is 14.2 Å². The molecule has 0 aromatic carbocycles. The Morgan fingerprint density at radius 3 is 2.22 bits per heavy atom. The summed E-state index contributed by atoms with van der Waals surface area (Å²) < 4.78 is 12.2. The number of hydrogen-bond donors (Lipinski definition) is 1. The maximum Gasteiger partial charge on any atom is 0.150 e. The van der Waals surface area contributed by atoms with E-state index in [1.807, 2.05) is 11.6 Å². The fourth-order valence-electron chi connectivity index (χ4n) is 1.86. The minimum atomic E-state index is 0.650. The van der Waals surface area contributed by atoms with Crippen molar-refractivity contribution < 1.29 is 9.47 Å². The predicted octanol–water partition coefficient (Wildman–Crippen LogP) is 0.893. The number of aromatic nitrogens is 2. The van der Waals surface area contributed by atoms with Crippen LogP contribution in [0.25, 0.3) is 0 Å². The van der Waals surface area contributed by atoms with E-state index in [0.29, 0.717) is 13.2 Å². The van der Waals surface area contributed by atoms with Crippen molar-refractivity contribution in [3.8, 4) is 0 Å². The van der Waals surface area contributed by atoms with Gasteiger partial charge in [-0.15, -0.1) is 0 Å². The highest BCUT2D eigenvalue weighted by Gasteiger charge is 2.18. The van der Waals surface area contributed by atoms with E-state index in [1.165, 1.54) is 0 Å². The van der Waals surface area contributed by atoms with Gasteiger partial charge in [0.25, 0.3) is 0 Å². The molecule has 6 heteroatoms. The van der Waals surface area contributed by atoms with E-state index in [2.05, 4.69) is 16.9 Å². The largest absolute Gasteiger partial charge is 0.394 e. The zero-order chi connectivity index (χ0) is 13.5. The van der Waals surface area contributed by atoms with Crippen LogP contribution in [0.15, 0.2) is 0 Å². The lowest BCUT2D eigenvalue weighted by atomic mass is 10.3. The molecule has 0 saturated heterocycles. The van der Waals surface area contributed by atoms with Crippen LogP contribution in [0.4, 0.5) is 11.5 Å². The van der Waals surface area contributed by atoms with Gasteiger partial charge in [-0.25, -0.2) is 4.68 Å². The van der Waals surface area contributed by atoms with Crippen molar-refractivity contribution in [2.24, 2.45) is 0 Å². The van der Waals surface area contributed by atoms with Crippen LogP contribution in [-0.2, 0) is 16.0 Å². The van der Waals surface area contributed by atoms with Gasteiger partial charge in [0.2, 0.25) is 0 Å². The third kappa shape index (κ3) is 3.36. The Hall–Kier alpha value is -1.27. The van der Waals surface area contributed by atoms with Gasteiger partial charge in [0.1, 0.15) is 0 Å². The van der Waals surface area contributed by atoms with Gasteiger partial charge in [0.05, 0.1) is 24.6 Å². The molecule has 0 bridgehead atoms. The summed E-state index contributed by atoms with van der Waals surface area (Å²) >= 11 is 0. The molecule has 1 aromatic heterocycles. The Bertz CT molecular complexity index is 357. The number of methoxy groups -OCH3 is 2. The van der Waals surface area contributed by atoms with Crippen molar-refractivity contribution in [2.45, 2.75) is 20.4 Å². The SMILES string of the molecule is CCn1nc(C)c(N)c1N(CCOC)CCOC. The van der Waals surface area contributed by atoms with Crippen molar-refractivity contribution in [3.63, 3.8) is 0 Å². The van der Waals surface area contributed by atoms with E-state index < -0.39 is 0 Å². The van der Waals surface area contributed by atoms with E-state index in [-0.39, 0.29) is 0 Å². The smallest absolute Gasteiger partial charge is 0.150 e. The first-order valence-corrected chi connectivity index (χ1v) is 6.21. The van der Waals surface area contributed by atoms with Crippen LogP contribution in [0, 0.1) is 6.92 Å². The van der Waals surface area contributed by atoms with Crippen LogP contribution in [0.2, 0.25) is 0 Å². The molecule has 1 aromatic rings. The van der Waals surface area contributed by atoms with E-state index >= 15 is 0 Å². The summed E-state index contributed by atoms with van der Waals surface area (Å²) in [7, 11) is 3.39. The molecule has 6 nitrogen and oxygen atoms in total. The Balaban J connectivity index is 2.94. The quantitative estimate of drug-likeness (QED) is 0.748. The normalized spacial score (nSPS) is 10.9. The fraction of sp³-hybridized carbons (Fsp3) is 0.750. The number of hydrogen-bond acceptors (Lipinski definition) is 5. The van der Waals surface area contributed by atoms with Gasteiger partial charge in [-0.3, -0.25) is 0 Å². The fourth-order valence-corrected chi connectivity index (χ4v) is 1.86. The molecule has 18 heavy (non-hydrogen) atoms. The maximum absolute atomic E-state index is 6.12. The highest BCUT2D eigenvalue weighted by atomic mass is 16.5. The number of nitrogens with zero attached hydrogens (tertiary/aromatic N) is 3. The van der Waals surface area contributed by atoms with E-state index in [4.69, 9.17) is 15.2 Å². The van der Waals surface area contributed by atoms with Gasteiger partial charge in [0.15, 0.2) is 5.82 Å². The molecule has 0 amide bonds. The molecule has 2 N–H and O–H groups in total. The second-order valence-corrected chi connectivity index (χ2v) is 4.11. The molecular weight excluding hydrogens is 232 g/mol. The summed E-state index contributed by atoms with van der Waals surface area (Å²) in [6.07, 6.45) is 0. The van der Waals surface area contributed by atoms with Gasteiger partial charge in [-0.1, -0.05) is 0 Å². The summed E-state index contributed by atoms with van der Waals surface area (Å²) in [4.78, 5) is 2.16. The van der Waals surface area contributed by atoms with Crippen LogP contribution in [0.1, 0.15) is 12.6 Å². The molecule has 1 rings (SSSR count). The van der Waals surface area contributed by atoms with Crippen molar-refractivity contribution in [1.82, 2.24) is 9.78 Å². The molecule has 0 fully saturated rings. The molecular formula is C12H24N4O2. The highest BCUT2D eigenvalue weighted by molar-refractivity contribution is 5.66. The minimum absolute atomic E-state index is 0.650. The van der Waals surface area contributed by atoms with Gasteiger partial charge in [-0.2, -0.15) is 5.10 Å². The molecule has 0 saturated carbocycles. The molecule has 0 radical (unpaired) electrons. The lowest BCUT2D eigenvalue weighted by Crippen LogP contribution is -2.33. The highest BCUT2D eigenvalue weighted by Crippen LogP contribution is 2.26. The third-order valence-electron chi connectivity index (χ3n) is 2.88. The lowest BCUT2D eigenvalue weighted by Gasteiger charge is -2.25. The first kappa shape index (κ1) is 14.8. The minimum Gasteiger partial charge on any atom is -0.394 e. The van der Waals surface area contributed by atoms with Crippen molar-refractivity contribution in [3.05, 3.63) is 5.69 Å². The number of ether oxygens (including phenoxy) is 2. The van der Waals surface area contributed by atoms with Crippen LogP contribution in [0.3, 0.4) is 0 Å². The van der Waals surface area contributed by atoms with Crippen LogP contribution in [-0.4, -0.2) is 50.3 Å². The molecule has 0 unspecified atom stereocenters. The second kappa shape index (κ2) is 7.23. The van der Waals surface area contributed by atoms with Crippen LogP contribution in [0.5, 0.6) is 0 Å². The van der Waals surface area contributed by atoms with Gasteiger partial charge in [0, 0.05) is 33.9 Å². The van der Waals surface area contributed by atoms with Gasteiger partial charge >= 0.3 is 0 Å². The molecule has 0 aliphatic carbocycles. The number of anilines is 2. The molecule has 0 aliphatic heterocycles. The molecule has 1 heterocycles. The lowest BCUT2D eigenvalue weighted by molar-refractivity contribution is 0.189.